The summed E-state index contributed by atoms with van der Waals surface area (Å²) in [4.78, 5) is 24.2. The third-order valence-corrected chi connectivity index (χ3v) is 7.13. The molecule has 0 spiro atoms. The third kappa shape index (κ3) is 5.19. The Balaban J connectivity index is 1.33. The van der Waals surface area contributed by atoms with Crippen molar-refractivity contribution < 1.29 is 14.7 Å². The number of aromatic nitrogens is 2. The summed E-state index contributed by atoms with van der Waals surface area (Å²) in [6.07, 6.45) is 1.56. The number of carboxylic acids is 1. The average Bonchev–Trinajstić information content (AvgIpc) is 3.47. The minimum Gasteiger partial charge on any atom is -0.478 e. The minimum absolute atomic E-state index is 0.142. The number of hydrogen-bond acceptors (Lipinski definition) is 3. The summed E-state index contributed by atoms with van der Waals surface area (Å²) in [6.45, 7) is 5.82. The number of carbonyl (C=O) groups is 2. The summed E-state index contributed by atoms with van der Waals surface area (Å²) in [5, 5.41) is 14.0. The van der Waals surface area contributed by atoms with Gasteiger partial charge in [-0.1, -0.05) is 41.9 Å². The highest BCUT2D eigenvalue weighted by Crippen LogP contribution is 2.28. The van der Waals surface area contributed by atoms with E-state index in [4.69, 9.17) is 11.6 Å². The summed E-state index contributed by atoms with van der Waals surface area (Å²) < 4.78 is 4.02. The molecule has 3 aromatic carbocycles. The van der Waals surface area contributed by atoms with Crippen LogP contribution in [0, 0.1) is 20.8 Å². The molecule has 0 radical (unpaired) electrons. The molecule has 0 unspecified atom stereocenters. The van der Waals surface area contributed by atoms with Gasteiger partial charge in [-0.2, -0.15) is 5.10 Å². The maximum atomic E-state index is 12.8. The molecule has 40 heavy (non-hydrogen) atoms. The molecule has 7 nitrogen and oxygen atoms in total. The van der Waals surface area contributed by atoms with Gasteiger partial charge in [-0.3, -0.25) is 4.79 Å². The number of carbonyl (C=O) groups excluding carboxylic acids is 1. The predicted octanol–water partition coefficient (Wildman–Crippen LogP) is 6.98. The largest absolute Gasteiger partial charge is 0.478 e. The summed E-state index contributed by atoms with van der Waals surface area (Å²) in [5.41, 5.74) is 10.4. The number of aryl methyl sites for hydroxylation is 2. The Labute approximate surface area is 237 Å². The molecule has 0 aliphatic carbocycles. The predicted molar refractivity (Wildman–Crippen MR) is 158 cm³/mol. The molecule has 2 N–H and O–H groups in total. The van der Waals surface area contributed by atoms with Crippen LogP contribution in [0.15, 0.2) is 96.1 Å². The average molecular weight is 551 g/mol. The van der Waals surface area contributed by atoms with Crippen LogP contribution < -0.4 is 5.43 Å². The van der Waals surface area contributed by atoms with Crippen molar-refractivity contribution >= 4 is 29.7 Å². The van der Waals surface area contributed by atoms with Gasteiger partial charge in [0.05, 0.1) is 28.2 Å². The molecule has 0 aliphatic heterocycles. The molecular formula is C32H27ClN4O3. The van der Waals surface area contributed by atoms with Gasteiger partial charge in [-0.15, -0.1) is 0 Å². The summed E-state index contributed by atoms with van der Waals surface area (Å²) >= 11 is 6.39. The molecule has 5 aromatic rings. The Morgan fingerprint density at radius 2 is 1.52 bits per heavy atom. The highest BCUT2D eigenvalue weighted by Gasteiger charge is 2.15. The fourth-order valence-electron chi connectivity index (χ4n) is 4.81. The monoisotopic (exact) mass is 550 g/mol. The van der Waals surface area contributed by atoms with E-state index in [1.165, 1.54) is 12.1 Å². The maximum absolute atomic E-state index is 12.8. The zero-order valence-electron chi connectivity index (χ0n) is 22.2. The molecule has 0 atom stereocenters. The highest BCUT2D eigenvalue weighted by atomic mass is 35.5. The summed E-state index contributed by atoms with van der Waals surface area (Å²) in [6, 6.07) is 28.2. The number of hydrazone groups is 1. The molecule has 1 amide bonds. The van der Waals surface area contributed by atoms with Crippen molar-refractivity contribution in [1.82, 2.24) is 14.6 Å². The van der Waals surface area contributed by atoms with Crippen LogP contribution in [0.2, 0.25) is 5.02 Å². The number of hydrogen-bond donors (Lipinski definition) is 2. The lowest BCUT2D eigenvalue weighted by molar-refractivity contribution is 0.0696. The second kappa shape index (κ2) is 11.1. The first-order valence-electron chi connectivity index (χ1n) is 12.6. The first kappa shape index (κ1) is 26.7. The molecule has 0 saturated carbocycles. The van der Waals surface area contributed by atoms with Crippen molar-refractivity contribution in [3.8, 4) is 22.6 Å². The summed E-state index contributed by atoms with van der Waals surface area (Å²) in [5.74, 6) is -1.36. The van der Waals surface area contributed by atoms with Crippen LogP contribution in [0.25, 0.3) is 22.6 Å². The van der Waals surface area contributed by atoms with E-state index in [1.54, 1.807) is 24.4 Å². The smallest absolute Gasteiger partial charge is 0.335 e. The number of halogens is 1. The highest BCUT2D eigenvalue weighted by molar-refractivity contribution is 6.32. The molecule has 0 aliphatic rings. The third-order valence-electron chi connectivity index (χ3n) is 6.81. The second-order valence-corrected chi connectivity index (χ2v) is 9.85. The number of aromatic carboxylic acids is 1. The van der Waals surface area contributed by atoms with Gasteiger partial charge >= 0.3 is 5.97 Å². The lowest BCUT2D eigenvalue weighted by Gasteiger charge is -2.13. The first-order valence-corrected chi connectivity index (χ1v) is 13.0. The molecular weight excluding hydrogens is 524 g/mol. The van der Waals surface area contributed by atoms with Gasteiger partial charge in [0.1, 0.15) is 0 Å². The fourth-order valence-corrected chi connectivity index (χ4v) is 5.01. The van der Waals surface area contributed by atoms with Crippen LogP contribution in [0.5, 0.6) is 0 Å². The van der Waals surface area contributed by atoms with Crippen LogP contribution >= 0.6 is 11.6 Å². The zero-order valence-corrected chi connectivity index (χ0v) is 23.0. The van der Waals surface area contributed by atoms with E-state index in [2.05, 4.69) is 46.3 Å². The Morgan fingerprint density at radius 3 is 2.23 bits per heavy atom. The van der Waals surface area contributed by atoms with Gasteiger partial charge in [-0.05, 0) is 87.0 Å². The van der Waals surface area contributed by atoms with Gasteiger partial charge in [0.2, 0.25) is 0 Å². The molecule has 5 rings (SSSR count). The molecule has 8 heteroatoms. The molecule has 200 valence electrons. The van der Waals surface area contributed by atoms with Crippen LogP contribution in [0.3, 0.4) is 0 Å². The molecule has 0 bridgehead atoms. The topological polar surface area (TPSA) is 88.6 Å². The second-order valence-electron chi connectivity index (χ2n) is 9.44. The first-order chi connectivity index (χ1) is 19.2. The van der Waals surface area contributed by atoms with E-state index in [-0.39, 0.29) is 11.5 Å². The minimum atomic E-state index is -1.03. The summed E-state index contributed by atoms with van der Waals surface area (Å²) in [7, 11) is 0. The van der Waals surface area contributed by atoms with Crippen molar-refractivity contribution in [2.75, 3.05) is 0 Å². The Bertz CT molecular complexity index is 1750. The zero-order chi connectivity index (χ0) is 28.4. The van der Waals surface area contributed by atoms with Crippen molar-refractivity contribution in [3.05, 3.63) is 130 Å². The SMILES string of the molecule is Cc1ccc(-c2ccccc2)n1-c1ccc(C(=O)N/N=C/c2cc(C)n(-c3cc(C(=O)O)ccc3Cl)c2C)cc1. The van der Waals surface area contributed by atoms with Gasteiger partial charge < -0.3 is 14.2 Å². The van der Waals surface area contributed by atoms with E-state index >= 15 is 0 Å². The Kier molecular flexibility index (Phi) is 7.40. The van der Waals surface area contributed by atoms with Gasteiger partial charge in [0.25, 0.3) is 5.91 Å². The van der Waals surface area contributed by atoms with Crippen LogP contribution in [0.4, 0.5) is 0 Å². The molecule has 0 saturated heterocycles. The molecule has 2 aromatic heterocycles. The Hall–Kier alpha value is -4.88. The number of amides is 1. The normalized spacial score (nSPS) is 11.2. The van der Waals surface area contributed by atoms with Gasteiger partial charge in [0, 0.05) is 33.9 Å². The van der Waals surface area contributed by atoms with E-state index < -0.39 is 5.97 Å². The lowest BCUT2D eigenvalue weighted by atomic mass is 10.1. The fraction of sp³-hybridized carbons (Fsp3) is 0.0938. The standard InChI is InChI=1S/C32H27ClN4O3/c1-20-9-16-29(23-7-5-4-6-8-23)37(20)27-13-10-24(11-14-27)31(38)35-34-19-26-17-21(2)36(22(26)3)30-18-25(32(39)40)12-15-28(30)33/h4-19H,1-3H3,(H,35,38)(H,39,40)/b34-19+. The van der Waals surface area contributed by atoms with Crippen molar-refractivity contribution in [3.63, 3.8) is 0 Å². The number of carboxylic acid groups (broad SMARTS) is 1. The number of benzene rings is 3. The number of nitrogens with one attached hydrogen (secondary N) is 1. The van der Waals surface area contributed by atoms with Crippen molar-refractivity contribution in [2.45, 2.75) is 20.8 Å². The van der Waals surface area contributed by atoms with Crippen molar-refractivity contribution in [2.24, 2.45) is 5.10 Å². The molecule has 0 fully saturated rings. The van der Waals surface area contributed by atoms with Crippen LogP contribution in [0.1, 0.15) is 43.4 Å². The van der Waals surface area contributed by atoms with Crippen LogP contribution in [-0.2, 0) is 0 Å². The van der Waals surface area contributed by atoms with Gasteiger partial charge in [-0.25, -0.2) is 10.2 Å². The van der Waals surface area contributed by atoms with Crippen LogP contribution in [-0.4, -0.2) is 32.3 Å². The Morgan fingerprint density at radius 1 is 0.825 bits per heavy atom. The van der Waals surface area contributed by atoms with E-state index in [9.17, 15) is 14.7 Å². The van der Waals surface area contributed by atoms with E-state index in [0.29, 0.717) is 16.3 Å². The quantitative estimate of drug-likeness (QED) is 0.169. The lowest BCUT2D eigenvalue weighted by Crippen LogP contribution is -2.17. The van der Waals surface area contributed by atoms with Crippen molar-refractivity contribution in [1.29, 1.82) is 0 Å². The van der Waals surface area contributed by atoms with E-state index in [1.807, 2.05) is 54.8 Å². The maximum Gasteiger partial charge on any atom is 0.335 e. The number of rotatable bonds is 7. The van der Waals surface area contributed by atoms with E-state index in [0.717, 1.165) is 39.6 Å². The van der Waals surface area contributed by atoms with Gasteiger partial charge in [0.15, 0.2) is 0 Å². The molecule has 2 heterocycles. The number of nitrogens with zero attached hydrogens (tertiary/aromatic N) is 3.